The largest absolute Gasteiger partial charge is 0.325 e. The molecule has 4 amide bonds. The van der Waals surface area contributed by atoms with Crippen molar-refractivity contribution in [1.82, 2.24) is 10.2 Å². The molecule has 26 heavy (non-hydrogen) atoms. The van der Waals surface area contributed by atoms with Crippen LogP contribution in [0, 0.1) is 24.0 Å². The van der Waals surface area contributed by atoms with E-state index in [4.69, 9.17) is 0 Å². The summed E-state index contributed by atoms with van der Waals surface area (Å²) >= 11 is 0. The zero-order valence-corrected chi connectivity index (χ0v) is 14.6. The number of aryl methyl sites for hydroxylation is 2. The van der Waals surface area contributed by atoms with Crippen LogP contribution in [0.5, 0.6) is 0 Å². The number of carbonyl (C=O) groups is 3. The standard InChI is InChI=1S/C17H20N4O5/c1-10-7-12(13(21(25)26)8-11(10)2)18-14(22)9-20-15(23)17(19-16(20)24)5-3-4-6-17/h7-8H,3-6,9H2,1-2H3,(H,18,22)(H,19,24). The number of benzene rings is 1. The Morgan fingerprint density at radius 1 is 1.27 bits per heavy atom. The highest BCUT2D eigenvalue weighted by Gasteiger charge is 2.52. The van der Waals surface area contributed by atoms with Gasteiger partial charge in [-0.2, -0.15) is 0 Å². The topological polar surface area (TPSA) is 122 Å². The highest BCUT2D eigenvalue weighted by Crippen LogP contribution is 2.35. The molecule has 2 fully saturated rings. The SMILES string of the molecule is Cc1cc(NC(=O)CN2C(=O)NC3(CCCC3)C2=O)c([N+](=O)[O-])cc1C. The fourth-order valence-corrected chi connectivity index (χ4v) is 3.52. The third kappa shape index (κ3) is 3.00. The summed E-state index contributed by atoms with van der Waals surface area (Å²) in [6, 6.07) is 2.30. The van der Waals surface area contributed by atoms with E-state index in [0.29, 0.717) is 12.8 Å². The third-order valence-electron chi connectivity index (χ3n) is 5.09. The van der Waals surface area contributed by atoms with Crippen molar-refractivity contribution in [3.05, 3.63) is 33.4 Å². The summed E-state index contributed by atoms with van der Waals surface area (Å²) in [5.74, 6) is -1.06. The van der Waals surface area contributed by atoms with Gasteiger partial charge in [0.15, 0.2) is 0 Å². The van der Waals surface area contributed by atoms with Crippen LogP contribution in [0.1, 0.15) is 36.8 Å². The van der Waals surface area contributed by atoms with Gasteiger partial charge in [-0.05, 0) is 43.9 Å². The first kappa shape index (κ1) is 17.8. The van der Waals surface area contributed by atoms with E-state index in [1.165, 1.54) is 12.1 Å². The van der Waals surface area contributed by atoms with Gasteiger partial charge in [-0.1, -0.05) is 12.8 Å². The molecule has 2 N–H and O–H groups in total. The summed E-state index contributed by atoms with van der Waals surface area (Å²) in [7, 11) is 0. The van der Waals surface area contributed by atoms with Gasteiger partial charge in [0.05, 0.1) is 4.92 Å². The molecule has 138 valence electrons. The smallest absolute Gasteiger partial charge is 0.323 e. The molecule has 1 aromatic carbocycles. The second-order valence-electron chi connectivity index (χ2n) is 6.87. The number of rotatable bonds is 4. The van der Waals surface area contributed by atoms with Crippen LogP contribution in [0.4, 0.5) is 16.2 Å². The van der Waals surface area contributed by atoms with Crippen LogP contribution in [-0.2, 0) is 9.59 Å². The molecular formula is C17H20N4O5. The predicted octanol–water partition coefficient (Wildman–Crippen LogP) is 2.01. The van der Waals surface area contributed by atoms with Gasteiger partial charge in [-0.15, -0.1) is 0 Å². The molecule has 9 heteroatoms. The second kappa shape index (κ2) is 6.40. The molecule has 1 aliphatic carbocycles. The van der Waals surface area contributed by atoms with Crippen LogP contribution in [0.15, 0.2) is 12.1 Å². The molecule has 1 saturated heterocycles. The highest BCUT2D eigenvalue weighted by molar-refractivity contribution is 6.10. The number of hydrogen-bond acceptors (Lipinski definition) is 5. The van der Waals surface area contributed by atoms with Crippen LogP contribution in [-0.4, -0.2) is 39.8 Å². The Hall–Kier alpha value is -2.97. The molecule has 0 bridgehead atoms. The van der Waals surface area contributed by atoms with Gasteiger partial charge in [0.1, 0.15) is 17.8 Å². The van der Waals surface area contributed by atoms with Crippen molar-refractivity contribution in [2.24, 2.45) is 0 Å². The molecule has 1 aromatic rings. The Morgan fingerprint density at radius 2 is 1.88 bits per heavy atom. The normalized spacial score (nSPS) is 18.3. The lowest BCUT2D eigenvalue weighted by Gasteiger charge is -2.19. The van der Waals surface area contributed by atoms with Crippen molar-refractivity contribution in [2.45, 2.75) is 45.1 Å². The van der Waals surface area contributed by atoms with Crippen molar-refractivity contribution in [1.29, 1.82) is 0 Å². The summed E-state index contributed by atoms with van der Waals surface area (Å²) in [6.45, 7) is 3.04. The van der Waals surface area contributed by atoms with Crippen LogP contribution < -0.4 is 10.6 Å². The molecule has 1 heterocycles. The van der Waals surface area contributed by atoms with E-state index in [-0.39, 0.29) is 11.4 Å². The molecule has 0 unspecified atom stereocenters. The average Bonchev–Trinajstić information content (AvgIpc) is 3.12. The van der Waals surface area contributed by atoms with Crippen molar-refractivity contribution >= 4 is 29.2 Å². The van der Waals surface area contributed by atoms with Gasteiger partial charge < -0.3 is 10.6 Å². The number of amides is 4. The van der Waals surface area contributed by atoms with Crippen molar-refractivity contribution in [3.63, 3.8) is 0 Å². The molecule has 0 aromatic heterocycles. The molecule has 0 atom stereocenters. The van der Waals surface area contributed by atoms with E-state index in [2.05, 4.69) is 10.6 Å². The molecule has 2 aliphatic rings. The number of nitrogens with one attached hydrogen (secondary N) is 2. The lowest BCUT2D eigenvalue weighted by atomic mass is 9.98. The summed E-state index contributed by atoms with van der Waals surface area (Å²) in [4.78, 5) is 48.5. The van der Waals surface area contributed by atoms with Crippen LogP contribution in [0.3, 0.4) is 0 Å². The monoisotopic (exact) mass is 360 g/mol. The number of imide groups is 1. The number of nitrogens with zero attached hydrogens (tertiary/aromatic N) is 2. The first-order valence-electron chi connectivity index (χ1n) is 8.43. The fraction of sp³-hybridized carbons (Fsp3) is 0.471. The summed E-state index contributed by atoms with van der Waals surface area (Å²) in [5.41, 5.74) is 0.443. The quantitative estimate of drug-likeness (QED) is 0.483. The maximum absolute atomic E-state index is 12.6. The lowest BCUT2D eigenvalue weighted by molar-refractivity contribution is -0.384. The van der Waals surface area contributed by atoms with Gasteiger partial charge in [0.25, 0.3) is 11.6 Å². The van der Waals surface area contributed by atoms with E-state index in [1.54, 1.807) is 13.8 Å². The number of nitro benzene ring substituents is 1. The third-order valence-corrected chi connectivity index (χ3v) is 5.09. The molecule has 0 radical (unpaired) electrons. The van der Waals surface area contributed by atoms with Gasteiger partial charge in [-0.3, -0.25) is 24.6 Å². The lowest BCUT2D eigenvalue weighted by Crippen LogP contribution is -2.44. The van der Waals surface area contributed by atoms with E-state index < -0.39 is 34.9 Å². The van der Waals surface area contributed by atoms with E-state index in [1.807, 2.05) is 0 Å². The van der Waals surface area contributed by atoms with Gasteiger partial charge >= 0.3 is 6.03 Å². The van der Waals surface area contributed by atoms with Crippen LogP contribution in [0.2, 0.25) is 0 Å². The maximum atomic E-state index is 12.6. The first-order valence-corrected chi connectivity index (χ1v) is 8.43. The van der Waals surface area contributed by atoms with Crippen LogP contribution in [0.25, 0.3) is 0 Å². The van der Waals surface area contributed by atoms with E-state index in [9.17, 15) is 24.5 Å². The molecule has 9 nitrogen and oxygen atoms in total. The minimum absolute atomic E-state index is 0.0470. The number of hydrogen-bond donors (Lipinski definition) is 2. The highest BCUT2D eigenvalue weighted by atomic mass is 16.6. The molecule has 1 saturated carbocycles. The average molecular weight is 360 g/mol. The molecule has 1 spiro atoms. The Morgan fingerprint density at radius 3 is 2.50 bits per heavy atom. The Balaban J connectivity index is 1.76. The van der Waals surface area contributed by atoms with Crippen molar-refractivity contribution in [3.8, 4) is 0 Å². The molecule has 1 aliphatic heterocycles. The van der Waals surface area contributed by atoms with Gasteiger partial charge in [0.2, 0.25) is 5.91 Å². The molecule has 3 rings (SSSR count). The maximum Gasteiger partial charge on any atom is 0.325 e. The minimum atomic E-state index is -0.885. The van der Waals surface area contributed by atoms with E-state index in [0.717, 1.165) is 28.9 Å². The predicted molar refractivity (Wildman–Crippen MR) is 92.6 cm³/mol. The number of carbonyl (C=O) groups excluding carboxylic acids is 3. The zero-order valence-electron chi connectivity index (χ0n) is 14.6. The van der Waals surface area contributed by atoms with Gasteiger partial charge in [-0.25, -0.2) is 4.79 Å². The Bertz CT molecular complexity index is 814. The number of nitro groups is 1. The Labute approximate surface area is 149 Å². The second-order valence-corrected chi connectivity index (χ2v) is 6.87. The zero-order chi connectivity index (χ0) is 19.1. The van der Waals surface area contributed by atoms with Crippen LogP contribution >= 0.6 is 0 Å². The minimum Gasteiger partial charge on any atom is -0.323 e. The van der Waals surface area contributed by atoms with Gasteiger partial charge in [0, 0.05) is 6.07 Å². The fourth-order valence-electron chi connectivity index (χ4n) is 3.52. The summed E-state index contributed by atoms with van der Waals surface area (Å²) in [5, 5.41) is 16.4. The molecular weight excluding hydrogens is 340 g/mol. The van der Waals surface area contributed by atoms with Crippen molar-refractivity contribution in [2.75, 3.05) is 11.9 Å². The van der Waals surface area contributed by atoms with E-state index >= 15 is 0 Å². The first-order chi connectivity index (χ1) is 12.2. The number of urea groups is 1. The summed E-state index contributed by atoms with van der Waals surface area (Å²) < 4.78 is 0. The Kier molecular flexibility index (Phi) is 4.39. The van der Waals surface area contributed by atoms with Crippen molar-refractivity contribution < 1.29 is 19.3 Å². The summed E-state index contributed by atoms with van der Waals surface area (Å²) in [6.07, 6.45) is 2.83. The number of anilines is 1.